The Hall–Kier alpha value is -0.640. The number of halogens is 1. The van der Waals surface area contributed by atoms with Crippen LogP contribution in [0.1, 0.15) is 43.9 Å². The van der Waals surface area contributed by atoms with E-state index in [1.165, 1.54) is 36.9 Å². The average Bonchev–Trinajstić information content (AvgIpc) is 2.43. The summed E-state index contributed by atoms with van der Waals surface area (Å²) in [5.74, 6) is 0. The van der Waals surface area contributed by atoms with Gasteiger partial charge < -0.3 is 21.9 Å². The molecule has 1 aromatic heterocycles. The van der Waals surface area contributed by atoms with Gasteiger partial charge in [0.1, 0.15) is 6.61 Å². The number of rotatable bonds is 11. The first-order valence-electron chi connectivity index (χ1n) is 7.86. The summed E-state index contributed by atoms with van der Waals surface area (Å²) in [7, 11) is 0. The monoisotopic (exact) mass is 315 g/mol. The fourth-order valence-corrected chi connectivity index (χ4v) is 2.15. The summed E-state index contributed by atoms with van der Waals surface area (Å²) in [5, 5.41) is 0. The van der Waals surface area contributed by atoms with Crippen LogP contribution < -0.4 is 17.0 Å². The van der Waals surface area contributed by atoms with Crippen LogP contribution in [-0.2, 0) is 16.0 Å². The van der Waals surface area contributed by atoms with Crippen molar-refractivity contribution in [1.82, 2.24) is 0 Å². The molecule has 0 radical (unpaired) electrons. The second kappa shape index (κ2) is 13.1. The molecule has 122 valence electrons. The molecule has 0 aliphatic heterocycles. The van der Waals surface area contributed by atoms with Crippen molar-refractivity contribution >= 4 is 0 Å². The molecule has 0 spiro atoms. The van der Waals surface area contributed by atoms with Gasteiger partial charge in [-0.05, 0) is 18.9 Å². The first kappa shape index (κ1) is 20.4. The van der Waals surface area contributed by atoms with Gasteiger partial charge in [-0.25, -0.2) is 4.57 Å². The predicted octanol–water partition coefficient (Wildman–Crippen LogP) is 0.208. The zero-order valence-corrected chi connectivity index (χ0v) is 14.5. The molecule has 21 heavy (non-hydrogen) atoms. The SMILES string of the molecule is CCCCCCOCCOCC[n+]1ccc(C)cc1C.[Cl-]. The van der Waals surface area contributed by atoms with E-state index in [-0.39, 0.29) is 12.4 Å². The molecule has 0 fully saturated rings. The molecular weight excluding hydrogens is 286 g/mol. The van der Waals surface area contributed by atoms with Crippen molar-refractivity contribution in [2.75, 3.05) is 26.4 Å². The van der Waals surface area contributed by atoms with Crippen LogP contribution in [0.15, 0.2) is 18.3 Å². The van der Waals surface area contributed by atoms with Gasteiger partial charge in [-0.3, -0.25) is 0 Å². The van der Waals surface area contributed by atoms with Gasteiger partial charge in [-0.15, -0.1) is 0 Å². The highest BCUT2D eigenvalue weighted by Gasteiger charge is 2.05. The smallest absolute Gasteiger partial charge is 0.178 e. The van der Waals surface area contributed by atoms with Crippen molar-refractivity contribution in [3.63, 3.8) is 0 Å². The molecule has 1 aromatic rings. The normalized spacial score (nSPS) is 10.4. The van der Waals surface area contributed by atoms with Gasteiger partial charge >= 0.3 is 0 Å². The van der Waals surface area contributed by atoms with E-state index in [1.807, 2.05) is 0 Å². The lowest BCUT2D eigenvalue weighted by molar-refractivity contribution is -0.704. The number of nitrogens with zero attached hydrogens (tertiary/aromatic N) is 1. The molecule has 0 amide bonds. The molecule has 0 saturated carbocycles. The first-order valence-corrected chi connectivity index (χ1v) is 7.86. The summed E-state index contributed by atoms with van der Waals surface area (Å²) in [6.07, 6.45) is 7.16. The Bertz CT molecular complexity index is 372. The van der Waals surface area contributed by atoms with Crippen LogP contribution in [0.25, 0.3) is 0 Å². The molecule has 0 bridgehead atoms. The summed E-state index contributed by atoms with van der Waals surface area (Å²) in [4.78, 5) is 0. The van der Waals surface area contributed by atoms with Gasteiger partial charge in [0.25, 0.3) is 0 Å². The van der Waals surface area contributed by atoms with E-state index in [1.54, 1.807) is 0 Å². The highest BCUT2D eigenvalue weighted by Crippen LogP contribution is 1.99. The zero-order chi connectivity index (χ0) is 14.6. The highest BCUT2D eigenvalue weighted by molar-refractivity contribution is 5.08. The molecule has 0 aliphatic carbocycles. The number of unbranched alkanes of at least 4 members (excludes halogenated alkanes) is 3. The van der Waals surface area contributed by atoms with Crippen molar-refractivity contribution < 1.29 is 26.4 Å². The summed E-state index contributed by atoms with van der Waals surface area (Å²) >= 11 is 0. The van der Waals surface area contributed by atoms with Gasteiger partial charge in [0.2, 0.25) is 0 Å². The van der Waals surface area contributed by atoms with Crippen LogP contribution >= 0.6 is 0 Å². The fourth-order valence-electron chi connectivity index (χ4n) is 2.15. The van der Waals surface area contributed by atoms with E-state index in [4.69, 9.17) is 9.47 Å². The third-order valence-corrected chi connectivity index (χ3v) is 3.40. The molecule has 0 aromatic carbocycles. The van der Waals surface area contributed by atoms with E-state index in [9.17, 15) is 0 Å². The van der Waals surface area contributed by atoms with Crippen LogP contribution in [0.5, 0.6) is 0 Å². The summed E-state index contributed by atoms with van der Waals surface area (Å²) in [6, 6.07) is 4.33. The summed E-state index contributed by atoms with van der Waals surface area (Å²) < 4.78 is 13.4. The zero-order valence-electron chi connectivity index (χ0n) is 13.7. The van der Waals surface area contributed by atoms with Crippen LogP contribution in [0.4, 0.5) is 0 Å². The third kappa shape index (κ3) is 9.83. The molecule has 0 atom stereocenters. The lowest BCUT2D eigenvalue weighted by atomic mass is 10.2. The molecule has 0 saturated heterocycles. The summed E-state index contributed by atoms with van der Waals surface area (Å²) in [5.41, 5.74) is 2.58. The number of aryl methyl sites for hydroxylation is 2. The van der Waals surface area contributed by atoms with Crippen LogP contribution in [0.2, 0.25) is 0 Å². The Morgan fingerprint density at radius 2 is 1.67 bits per heavy atom. The van der Waals surface area contributed by atoms with Crippen LogP contribution in [0.3, 0.4) is 0 Å². The fraction of sp³-hybridized carbons (Fsp3) is 0.706. The maximum Gasteiger partial charge on any atom is 0.178 e. The second-order valence-corrected chi connectivity index (χ2v) is 5.32. The molecule has 0 unspecified atom stereocenters. The van der Waals surface area contributed by atoms with Gasteiger partial charge in [-0.2, -0.15) is 0 Å². The van der Waals surface area contributed by atoms with Gasteiger partial charge in [0.05, 0.1) is 13.2 Å². The topological polar surface area (TPSA) is 22.3 Å². The van der Waals surface area contributed by atoms with Crippen molar-refractivity contribution in [2.45, 2.75) is 53.0 Å². The molecule has 0 N–H and O–H groups in total. The number of aromatic nitrogens is 1. The lowest BCUT2D eigenvalue weighted by Gasteiger charge is -2.05. The molecular formula is C17H30ClNO2. The van der Waals surface area contributed by atoms with E-state index in [0.717, 1.165) is 19.8 Å². The molecule has 3 nitrogen and oxygen atoms in total. The number of pyridine rings is 1. The second-order valence-electron chi connectivity index (χ2n) is 5.32. The largest absolute Gasteiger partial charge is 1.00 e. The average molecular weight is 316 g/mol. The highest BCUT2D eigenvalue weighted by atomic mass is 35.5. The van der Waals surface area contributed by atoms with Gasteiger partial charge in [0, 0.05) is 25.7 Å². The minimum absolute atomic E-state index is 0. The van der Waals surface area contributed by atoms with Crippen molar-refractivity contribution in [3.8, 4) is 0 Å². The maximum absolute atomic E-state index is 5.60. The molecule has 4 heteroatoms. The van der Waals surface area contributed by atoms with Crippen LogP contribution in [0, 0.1) is 13.8 Å². The molecule has 0 aliphatic rings. The van der Waals surface area contributed by atoms with E-state index < -0.39 is 0 Å². The maximum atomic E-state index is 5.60. The van der Waals surface area contributed by atoms with Crippen LogP contribution in [-0.4, -0.2) is 26.4 Å². The third-order valence-electron chi connectivity index (χ3n) is 3.40. The number of ether oxygens (including phenoxy) is 2. The lowest BCUT2D eigenvalue weighted by Crippen LogP contribution is -3.00. The minimum atomic E-state index is 0. The Balaban J connectivity index is 0.00000400. The molecule has 1 heterocycles. The number of hydrogen-bond donors (Lipinski definition) is 0. The summed E-state index contributed by atoms with van der Waals surface area (Å²) in [6.45, 7) is 10.4. The van der Waals surface area contributed by atoms with E-state index >= 15 is 0 Å². The van der Waals surface area contributed by atoms with E-state index in [2.05, 4.69) is 43.7 Å². The van der Waals surface area contributed by atoms with Crippen molar-refractivity contribution in [2.24, 2.45) is 0 Å². The Morgan fingerprint density at radius 3 is 2.33 bits per heavy atom. The Morgan fingerprint density at radius 1 is 0.952 bits per heavy atom. The predicted molar refractivity (Wildman–Crippen MR) is 81.9 cm³/mol. The number of hydrogen-bond acceptors (Lipinski definition) is 2. The van der Waals surface area contributed by atoms with Gasteiger partial charge in [-0.1, -0.05) is 26.2 Å². The standard InChI is InChI=1S/C17H30NO2.ClH/c1-4-5-6-7-11-19-13-14-20-12-10-18-9-8-16(2)15-17(18)3;/h8-9,15H,4-7,10-14H2,1-3H3;1H/q+1;/p-1. The Kier molecular flexibility index (Phi) is 12.7. The van der Waals surface area contributed by atoms with Crippen molar-refractivity contribution in [3.05, 3.63) is 29.6 Å². The van der Waals surface area contributed by atoms with Gasteiger partial charge in [0.15, 0.2) is 18.4 Å². The minimum Gasteiger partial charge on any atom is -1.00 e. The molecule has 1 rings (SSSR count). The quantitative estimate of drug-likeness (QED) is 0.430. The van der Waals surface area contributed by atoms with Crippen molar-refractivity contribution in [1.29, 1.82) is 0 Å². The van der Waals surface area contributed by atoms with E-state index in [0.29, 0.717) is 13.2 Å². The Labute approximate surface area is 136 Å². The first-order chi connectivity index (χ1) is 9.74.